The van der Waals surface area contributed by atoms with E-state index >= 15 is 0 Å². The number of nitrogens with zero attached hydrogens (tertiary/aromatic N) is 2. The average molecular weight is 346 g/mol. The summed E-state index contributed by atoms with van der Waals surface area (Å²) in [5, 5.41) is 4.04. The van der Waals surface area contributed by atoms with E-state index in [9.17, 15) is 4.21 Å². The molecule has 0 amide bonds. The summed E-state index contributed by atoms with van der Waals surface area (Å²) >= 11 is 6.13. The Hall–Kier alpha value is -0.750. The fourth-order valence-corrected chi connectivity index (χ4v) is 4.07. The van der Waals surface area contributed by atoms with Gasteiger partial charge >= 0.3 is 0 Å². The van der Waals surface area contributed by atoms with Crippen LogP contribution >= 0.6 is 24.0 Å². The molecule has 0 aliphatic carbocycles. The number of hydrogen-bond acceptors (Lipinski definition) is 4. The van der Waals surface area contributed by atoms with Gasteiger partial charge in [-0.05, 0) is 31.5 Å². The van der Waals surface area contributed by atoms with Crippen LogP contribution in [0.25, 0.3) is 11.0 Å². The first-order valence-electron chi connectivity index (χ1n) is 6.78. The number of para-hydroxylation sites is 2. The molecule has 1 saturated heterocycles. The lowest BCUT2D eigenvalue weighted by Crippen LogP contribution is -2.38. The van der Waals surface area contributed by atoms with Crippen molar-refractivity contribution in [2.75, 3.05) is 12.3 Å². The average Bonchev–Trinajstić information content (AvgIpc) is 2.47. The first-order valence-corrected chi connectivity index (χ1v) is 8.48. The van der Waals surface area contributed by atoms with Crippen molar-refractivity contribution in [1.82, 2.24) is 15.3 Å². The van der Waals surface area contributed by atoms with Crippen molar-refractivity contribution in [3.05, 3.63) is 29.4 Å². The summed E-state index contributed by atoms with van der Waals surface area (Å²) in [6.45, 7) is 0.999. The van der Waals surface area contributed by atoms with Gasteiger partial charge in [0, 0.05) is 11.8 Å². The van der Waals surface area contributed by atoms with Gasteiger partial charge < -0.3 is 5.32 Å². The first kappa shape index (κ1) is 16.6. The highest BCUT2D eigenvalue weighted by Crippen LogP contribution is 2.21. The van der Waals surface area contributed by atoms with Gasteiger partial charge in [0.15, 0.2) is 10.2 Å². The highest BCUT2D eigenvalue weighted by Gasteiger charge is 2.20. The van der Waals surface area contributed by atoms with Crippen molar-refractivity contribution < 1.29 is 4.21 Å². The van der Waals surface area contributed by atoms with E-state index in [0.717, 1.165) is 24.0 Å². The zero-order valence-corrected chi connectivity index (χ0v) is 13.8. The fourth-order valence-electron chi connectivity index (χ4n) is 2.44. The minimum Gasteiger partial charge on any atom is -0.313 e. The Bertz CT molecular complexity index is 647. The molecule has 7 heteroatoms. The van der Waals surface area contributed by atoms with Crippen LogP contribution in [0, 0.1) is 0 Å². The molecule has 1 N–H and O–H groups in total. The molecule has 0 saturated carbocycles. The summed E-state index contributed by atoms with van der Waals surface area (Å²) in [4.78, 5) is 8.70. The summed E-state index contributed by atoms with van der Waals surface area (Å²) in [6.07, 6.45) is 3.44. The summed E-state index contributed by atoms with van der Waals surface area (Å²) in [6, 6.07) is 7.77. The predicted molar refractivity (Wildman–Crippen MR) is 88.7 cm³/mol. The lowest BCUT2D eigenvalue weighted by atomic mass is 10.1. The normalized spacial score (nSPS) is 20.0. The molecule has 1 fully saturated rings. The van der Waals surface area contributed by atoms with Crippen LogP contribution in [0.3, 0.4) is 0 Å². The molecule has 1 aromatic heterocycles. The zero-order valence-electron chi connectivity index (χ0n) is 11.4. The van der Waals surface area contributed by atoms with Crippen LogP contribution in [0.15, 0.2) is 29.3 Å². The number of aromatic nitrogens is 2. The van der Waals surface area contributed by atoms with Gasteiger partial charge in [0.2, 0.25) is 0 Å². The maximum atomic E-state index is 12.5. The molecular formula is C14H17Cl2N3OS. The molecule has 2 aromatic rings. The standard InChI is InChI=1S/C14H16ClN3OS.ClH/c15-13-14(18-12-7-2-1-6-11(12)17-13)20(19)9-10-5-3-4-8-16-10;/h1-2,6-7,10,16H,3-5,8-9H2;1H. The monoisotopic (exact) mass is 345 g/mol. The van der Waals surface area contributed by atoms with Crippen molar-refractivity contribution >= 4 is 45.8 Å². The highest BCUT2D eigenvalue weighted by atomic mass is 35.5. The Balaban J connectivity index is 0.00000161. The minimum atomic E-state index is -1.22. The number of hydrogen-bond donors (Lipinski definition) is 1. The molecule has 114 valence electrons. The summed E-state index contributed by atoms with van der Waals surface area (Å²) in [5.41, 5.74) is 1.46. The van der Waals surface area contributed by atoms with E-state index in [-0.39, 0.29) is 23.6 Å². The van der Waals surface area contributed by atoms with Gasteiger partial charge in [-0.3, -0.25) is 4.21 Å². The van der Waals surface area contributed by atoms with Crippen LogP contribution in [-0.2, 0) is 10.8 Å². The number of halogens is 2. The van der Waals surface area contributed by atoms with E-state index in [1.54, 1.807) is 0 Å². The fraction of sp³-hybridized carbons (Fsp3) is 0.429. The molecule has 2 atom stereocenters. The Morgan fingerprint density at radius 2 is 1.95 bits per heavy atom. The number of rotatable bonds is 3. The Morgan fingerprint density at radius 3 is 2.62 bits per heavy atom. The molecule has 2 heterocycles. The molecular weight excluding hydrogens is 329 g/mol. The van der Waals surface area contributed by atoms with Crippen molar-refractivity contribution in [2.24, 2.45) is 0 Å². The Kier molecular flexibility index (Phi) is 5.93. The van der Waals surface area contributed by atoms with Crippen LogP contribution in [0.5, 0.6) is 0 Å². The van der Waals surface area contributed by atoms with Gasteiger partial charge in [-0.1, -0.05) is 30.2 Å². The van der Waals surface area contributed by atoms with Gasteiger partial charge in [-0.25, -0.2) is 9.97 Å². The molecule has 0 spiro atoms. The van der Waals surface area contributed by atoms with Gasteiger partial charge in [0.1, 0.15) is 0 Å². The smallest absolute Gasteiger partial charge is 0.165 e. The van der Waals surface area contributed by atoms with Crippen molar-refractivity contribution in [3.8, 4) is 0 Å². The van der Waals surface area contributed by atoms with Crippen molar-refractivity contribution in [3.63, 3.8) is 0 Å². The van der Waals surface area contributed by atoms with E-state index < -0.39 is 10.8 Å². The number of fused-ring (bicyclic) bond motifs is 1. The highest BCUT2D eigenvalue weighted by molar-refractivity contribution is 7.85. The van der Waals surface area contributed by atoms with E-state index in [0.29, 0.717) is 10.8 Å². The van der Waals surface area contributed by atoms with Crippen LogP contribution in [0.4, 0.5) is 0 Å². The van der Waals surface area contributed by atoms with E-state index in [1.807, 2.05) is 24.3 Å². The minimum absolute atomic E-state index is 0. The van der Waals surface area contributed by atoms with Crippen molar-refractivity contribution in [2.45, 2.75) is 30.3 Å². The third-order valence-electron chi connectivity index (χ3n) is 3.48. The van der Waals surface area contributed by atoms with Gasteiger partial charge in [0.25, 0.3) is 0 Å². The summed E-state index contributed by atoms with van der Waals surface area (Å²) in [5.74, 6) is 0.548. The maximum Gasteiger partial charge on any atom is 0.165 e. The van der Waals surface area contributed by atoms with Crippen molar-refractivity contribution in [1.29, 1.82) is 0 Å². The van der Waals surface area contributed by atoms with E-state index in [1.165, 1.54) is 12.8 Å². The topological polar surface area (TPSA) is 54.9 Å². The second-order valence-corrected chi connectivity index (χ2v) is 6.74. The third kappa shape index (κ3) is 3.92. The third-order valence-corrected chi connectivity index (χ3v) is 5.28. The molecule has 3 rings (SSSR count). The molecule has 1 aromatic carbocycles. The number of nitrogens with one attached hydrogen (secondary N) is 1. The van der Waals surface area contributed by atoms with Gasteiger partial charge in [-0.2, -0.15) is 0 Å². The molecule has 21 heavy (non-hydrogen) atoms. The molecule has 0 radical (unpaired) electrons. The van der Waals surface area contributed by atoms with Crippen LogP contribution in [0.1, 0.15) is 19.3 Å². The summed E-state index contributed by atoms with van der Waals surface area (Å²) in [7, 11) is -1.22. The Labute approximate surface area is 137 Å². The van der Waals surface area contributed by atoms with E-state index in [2.05, 4.69) is 15.3 Å². The lowest BCUT2D eigenvalue weighted by Gasteiger charge is -2.22. The van der Waals surface area contributed by atoms with Gasteiger partial charge in [0.05, 0.1) is 21.8 Å². The van der Waals surface area contributed by atoms with Crippen LogP contribution in [-0.4, -0.2) is 32.5 Å². The largest absolute Gasteiger partial charge is 0.313 e. The van der Waals surface area contributed by atoms with Crippen LogP contribution < -0.4 is 5.32 Å². The molecule has 1 aliphatic rings. The summed E-state index contributed by atoms with van der Waals surface area (Å²) < 4.78 is 12.5. The first-order chi connectivity index (χ1) is 9.74. The second kappa shape index (κ2) is 7.49. The maximum absolute atomic E-state index is 12.5. The number of piperidine rings is 1. The quantitative estimate of drug-likeness (QED) is 0.928. The molecule has 1 aliphatic heterocycles. The lowest BCUT2D eigenvalue weighted by molar-refractivity contribution is 0.427. The Morgan fingerprint density at radius 1 is 1.24 bits per heavy atom. The van der Waals surface area contributed by atoms with E-state index in [4.69, 9.17) is 11.6 Å². The second-order valence-electron chi connectivity index (χ2n) is 4.97. The predicted octanol–water partition coefficient (Wildman–Crippen LogP) is 2.95. The van der Waals surface area contributed by atoms with Crippen LogP contribution in [0.2, 0.25) is 5.15 Å². The SMILES string of the molecule is Cl.O=S(CC1CCCCN1)c1nc2ccccc2nc1Cl. The molecule has 0 bridgehead atoms. The van der Waals surface area contributed by atoms with Gasteiger partial charge in [-0.15, -0.1) is 12.4 Å². The number of benzene rings is 1. The zero-order chi connectivity index (χ0) is 13.9. The molecule has 4 nitrogen and oxygen atoms in total. The molecule has 2 unspecified atom stereocenters.